The molecule has 0 aliphatic carbocycles. The number of pyridine rings is 1. The van der Waals surface area contributed by atoms with Crippen LogP contribution in [0.5, 0.6) is 0 Å². The third kappa shape index (κ3) is 5.24. The molecule has 0 spiro atoms. The maximum atomic E-state index is 13.5. The van der Waals surface area contributed by atoms with Gasteiger partial charge in [-0.3, -0.25) is 4.79 Å². The number of hydrogen-bond donors (Lipinski definition) is 0. The molecule has 0 saturated carbocycles. The van der Waals surface area contributed by atoms with Crippen LogP contribution in [0, 0.1) is 11.6 Å². The van der Waals surface area contributed by atoms with Crippen molar-refractivity contribution in [1.82, 2.24) is 19.7 Å². The lowest BCUT2D eigenvalue weighted by Gasteiger charge is -2.36. The van der Waals surface area contributed by atoms with Crippen molar-refractivity contribution in [3.63, 3.8) is 0 Å². The third-order valence-electron chi connectivity index (χ3n) is 6.26. The fourth-order valence-corrected chi connectivity index (χ4v) is 4.42. The summed E-state index contributed by atoms with van der Waals surface area (Å²) in [7, 11) is 0. The van der Waals surface area contributed by atoms with Crippen LogP contribution in [0.15, 0.2) is 72.9 Å². The van der Waals surface area contributed by atoms with Crippen LogP contribution in [0.2, 0.25) is 0 Å². The van der Waals surface area contributed by atoms with Crippen molar-refractivity contribution in [3.8, 4) is 17.1 Å². The Bertz CT molecular complexity index is 1430. The number of carbonyl (C=O) groups excluding carboxylic acids is 2. The predicted molar refractivity (Wildman–Crippen MR) is 137 cm³/mol. The summed E-state index contributed by atoms with van der Waals surface area (Å²) in [6, 6.07) is 17.8. The molecule has 0 radical (unpaired) electrons. The molecule has 2 aromatic heterocycles. The average Bonchev–Trinajstić information content (AvgIpc) is 3.39. The molecule has 1 amide bonds. The Morgan fingerprint density at radius 3 is 2.26 bits per heavy atom. The van der Waals surface area contributed by atoms with Gasteiger partial charge in [0.25, 0.3) is 5.91 Å². The number of carbonyl (C=O) groups is 2. The minimum absolute atomic E-state index is 0.00649. The molecule has 3 heterocycles. The number of rotatable bonds is 6. The molecule has 10 heteroatoms. The van der Waals surface area contributed by atoms with Gasteiger partial charge in [0.15, 0.2) is 11.5 Å². The summed E-state index contributed by atoms with van der Waals surface area (Å²) >= 11 is 0. The molecule has 1 saturated heterocycles. The number of anilines is 1. The first-order chi connectivity index (χ1) is 18.4. The van der Waals surface area contributed by atoms with Crippen molar-refractivity contribution in [2.45, 2.75) is 6.92 Å². The van der Waals surface area contributed by atoms with Crippen LogP contribution in [-0.4, -0.2) is 64.3 Å². The minimum Gasteiger partial charge on any atom is -0.461 e. The molecular formula is C28H25F2N5O3. The van der Waals surface area contributed by atoms with Gasteiger partial charge >= 0.3 is 5.97 Å². The zero-order valence-electron chi connectivity index (χ0n) is 20.7. The van der Waals surface area contributed by atoms with Crippen LogP contribution in [0.25, 0.3) is 17.1 Å². The highest BCUT2D eigenvalue weighted by Crippen LogP contribution is 2.27. The van der Waals surface area contributed by atoms with Crippen molar-refractivity contribution < 1.29 is 23.1 Å². The van der Waals surface area contributed by atoms with E-state index in [1.54, 1.807) is 40.9 Å². The minimum atomic E-state index is -0.772. The van der Waals surface area contributed by atoms with Crippen LogP contribution >= 0.6 is 0 Å². The van der Waals surface area contributed by atoms with Gasteiger partial charge in [-0.25, -0.2) is 23.2 Å². The first kappa shape index (κ1) is 25.1. The van der Waals surface area contributed by atoms with Crippen molar-refractivity contribution in [1.29, 1.82) is 0 Å². The molecule has 0 unspecified atom stereocenters. The maximum Gasteiger partial charge on any atom is 0.358 e. The van der Waals surface area contributed by atoms with Crippen molar-refractivity contribution in [2.24, 2.45) is 0 Å². The highest BCUT2D eigenvalue weighted by Gasteiger charge is 2.24. The molecule has 5 rings (SSSR count). The van der Waals surface area contributed by atoms with Gasteiger partial charge in [-0.15, -0.1) is 0 Å². The number of ether oxygens (including phenoxy) is 1. The third-order valence-corrected chi connectivity index (χ3v) is 6.26. The van der Waals surface area contributed by atoms with Gasteiger partial charge in [-0.05, 0) is 49.4 Å². The van der Waals surface area contributed by atoms with Crippen molar-refractivity contribution in [2.75, 3.05) is 37.7 Å². The molecule has 0 atom stereocenters. The second-order valence-electron chi connectivity index (χ2n) is 8.72. The van der Waals surface area contributed by atoms with E-state index in [1.165, 1.54) is 0 Å². The van der Waals surface area contributed by atoms with Crippen molar-refractivity contribution >= 4 is 17.6 Å². The molecule has 1 aliphatic heterocycles. The number of esters is 1. The molecule has 8 nitrogen and oxygen atoms in total. The fourth-order valence-electron chi connectivity index (χ4n) is 4.42. The highest BCUT2D eigenvalue weighted by molar-refractivity contribution is 5.94. The molecule has 4 aromatic rings. The molecule has 0 bridgehead atoms. The molecule has 0 N–H and O–H groups in total. The van der Waals surface area contributed by atoms with E-state index in [-0.39, 0.29) is 17.9 Å². The van der Waals surface area contributed by atoms with Crippen molar-refractivity contribution in [3.05, 3.63) is 95.8 Å². The van der Waals surface area contributed by atoms with Gasteiger partial charge in [0.2, 0.25) is 0 Å². The molecule has 1 aliphatic rings. The van der Waals surface area contributed by atoms with Gasteiger partial charge in [0.1, 0.15) is 11.6 Å². The Balaban J connectivity index is 1.32. The molecule has 1 fully saturated rings. The summed E-state index contributed by atoms with van der Waals surface area (Å²) < 4.78 is 33.8. The standard InChI is InChI=1S/C28H25F2N5O3/c1-2-38-28(37)24-18-25(35(32-24)26-5-3-4-10-31-26)19-6-8-23(9-7-19)33-11-13-34(14-12-33)27(36)20-15-21(29)17-22(30)16-20/h3-10,15-18H,2,11-14H2,1H3. The molecule has 194 valence electrons. The SMILES string of the molecule is CCOC(=O)c1cc(-c2ccc(N3CCN(C(=O)c4cc(F)cc(F)c4)CC3)cc2)n(-c2ccccn2)n1. The quantitative estimate of drug-likeness (QED) is 0.354. The average molecular weight is 518 g/mol. The van der Waals surface area contributed by atoms with Gasteiger partial charge in [0, 0.05) is 55.3 Å². The zero-order valence-corrected chi connectivity index (χ0v) is 20.7. The summed E-state index contributed by atoms with van der Waals surface area (Å²) in [5, 5.41) is 4.43. The first-order valence-electron chi connectivity index (χ1n) is 12.2. The van der Waals surface area contributed by atoms with Crippen LogP contribution in [-0.2, 0) is 4.74 Å². The highest BCUT2D eigenvalue weighted by atomic mass is 19.1. The fraction of sp³-hybridized carbons (Fsp3) is 0.214. The van der Waals surface area contributed by atoms with Gasteiger partial charge in [0.05, 0.1) is 12.3 Å². The number of hydrogen-bond acceptors (Lipinski definition) is 6. The van der Waals surface area contributed by atoms with Crippen LogP contribution < -0.4 is 4.90 Å². The number of amides is 1. The molecule has 38 heavy (non-hydrogen) atoms. The van der Waals surface area contributed by atoms with E-state index in [0.717, 1.165) is 29.4 Å². The van der Waals surface area contributed by atoms with E-state index >= 15 is 0 Å². The van der Waals surface area contributed by atoms with E-state index in [2.05, 4.69) is 15.0 Å². The van der Waals surface area contributed by atoms with Crippen LogP contribution in [0.3, 0.4) is 0 Å². The van der Waals surface area contributed by atoms with E-state index in [9.17, 15) is 18.4 Å². The predicted octanol–water partition coefficient (Wildman–Crippen LogP) is 4.35. The number of benzene rings is 2. The smallest absolute Gasteiger partial charge is 0.358 e. The second kappa shape index (κ2) is 10.8. The maximum absolute atomic E-state index is 13.5. The van der Waals surface area contributed by atoms with E-state index in [4.69, 9.17) is 4.74 Å². The Kier molecular flexibility index (Phi) is 7.12. The summed E-state index contributed by atoms with van der Waals surface area (Å²) in [6.07, 6.45) is 1.66. The Labute approximate surface area is 218 Å². The second-order valence-corrected chi connectivity index (χ2v) is 8.72. The normalized spacial score (nSPS) is 13.4. The largest absolute Gasteiger partial charge is 0.461 e. The lowest BCUT2D eigenvalue weighted by molar-refractivity contribution is 0.0518. The topological polar surface area (TPSA) is 80.6 Å². The number of nitrogens with zero attached hydrogens (tertiary/aromatic N) is 5. The van der Waals surface area contributed by atoms with Gasteiger partial charge in [-0.2, -0.15) is 5.10 Å². The Morgan fingerprint density at radius 2 is 1.63 bits per heavy atom. The first-order valence-corrected chi connectivity index (χ1v) is 12.2. The monoisotopic (exact) mass is 517 g/mol. The Hall–Kier alpha value is -4.60. The zero-order chi connectivity index (χ0) is 26.6. The number of aromatic nitrogens is 3. The van der Waals surface area contributed by atoms with Crippen LogP contribution in [0.4, 0.5) is 14.5 Å². The lowest BCUT2D eigenvalue weighted by atomic mass is 10.1. The van der Waals surface area contributed by atoms with E-state index < -0.39 is 23.5 Å². The van der Waals surface area contributed by atoms with E-state index in [0.29, 0.717) is 37.7 Å². The summed E-state index contributed by atoms with van der Waals surface area (Å²) in [5.41, 5.74) is 2.69. The van der Waals surface area contributed by atoms with Gasteiger partial charge in [-0.1, -0.05) is 18.2 Å². The molecular weight excluding hydrogens is 492 g/mol. The number of halogens is 2. The van der Waals surface area contributed by atoms with Gasteiger partial charge < -0.3 is 14.5 Å². The summed E-state index contributed by atoms with van der Waals surface area (Å²) in [5.74, 6) is -1.87. The lowest BCUT2D eigenvalue weighted by Crippen LogP contribution is -2.48. The Morgan fingerprint density at radius 1 is 0.921 bits per heavy atom. The summed E-state index contributed by atoms with van der Waals surface area (Å²) in [6.45, 7) is 3.98. The van der Waals surface area contributed by atoms with Crippen LogP contribution in [0.1, 0.15) is 27.8 Å². The number of piperazine rings is 1. The summed E-state index contributed by atoms with van der Waals surface area (Å²) in [4.78, 5) is 33.2. The van der Waals surface area contributed by atoms with E-state index in [1.807, 2.05) is 30.3 Å². The molecule has 2 aromatic carbocycles.